The molecule has 0 heterocycles. The van der Waals surface area contributed by atoms with Crippen LogP contribution in [-0.2, 0) is 9.63 Å². The number of thioether (sulfide) groups is 1. The van der Waals surface area contributed by atoms with Crippen LogP contribution in [-0.4, -0.2) is 23.7 Å². The van der Waals surface area contributed by atoms with Gasteiger partial charge in [-0.15, -0.1) is 0 Å². The van der Waals surface area contributed by atoms with E-state index in [2.05, 4.69) is 9.99 Å². The second-order valence-electron chi connectivity index (χ2n) is 1.58. The molecule has 0 bridgehead atoms. The van der Waals surface area contributed by atoms with Gasteiger partial charge in [0.1, 0.15) is 12.8 Å². The third kappa shape index (κ3) is 3.50. The molecule has 0 aromatic rings. The van der Waals surface area contributed by atoms with Crippen molar-refractivity contribution in [1.29, 1.82) is 0 Å². The van der Waals surface area contributed by atoms with Gasteiger partial charge < -0.3 is 4.84 Å². The molecule has 0 saturated heterocycles. The summed E-state index contributed by atoms with van der Waals surface area (Å²) in [4.78, 5) is 15.3. The molecule has 0 atom stereocenters. The molecular weight excluding hydrogens is 150 g/mol. The van der Waals surface area contributed by atoms with E-state index in [1.807, 2.05) is 6.92 Å². The largest absolute Gasteiger partial charge is 0.399 e. The van der Waals surface area contributed by atoms with Gasteiger partial charge in [-0.3, -0.25) is 4.79 Å². The Hall–Kier alpha value is -0.510. The highest BCUT2D eigenvalue weighted by Crippen LogP contribution is 2.01. The molecular formula is C6H11NO2S. The van der Waals surface area contributed by atoms with Gasteiger partial charge in [-0.2, -0.15) is 0 Å². The Morgan fingerprint density at radius 2 is 2.30 bits per heavy atom. The Kier molecular flexibility index (Phi) is 5.02. The molecule has 0 spiro atoms. The third-order valence-electron chi connectivity index (χ3n) is 0.799. The van der Waals surface area contributed by atoms with Crippen LogP contribution in [0.3, 0.4) is 0 Å². The van der Waals surface area contributed by atoms with Crippen LogP contribution in [0.4, 0.5) is 0 Å². The molecule has 58 valence electrons. The summed E-state index contributed by atoms with van der Waals surface area (Å²) in [5.41, 5.74) is 0.411. The lowest BCUT2D eigenvalue weighted by molar-refractivity contribution is -0.105. The molecule has 0 aliphatic carbocycles. The number of hydrogen-bond acceptors (Lipinski definition) is 4. The number of nitrogens with zero attached hydrogens (tertiary/aromatic N) is 1. The Bertz CT molecular complexity index is 145. The predicted molar refractivity (Wildman–Crippen MR) is 43.3 cm³/mol. The van der Waals surface area contributed by atoms with Gasteiger partial charge in [0.15, 0.2) is 0 Å². The van der Waals surface area contributed by atoms with E-state index in [4.69, 9.17) is 0 Å². The monoisotopic (exact) mass is 161 g/mol. The molecule has 0 amide bonds. The van der Waals surface area contributed by atoms with Crippen molar-refractivity contribution in [3.05, 3.63) is 0 Å². The Morgan fingerprint density at radius 3 is 2.70 bits per heavy atom. The average molecular weight is 161 g/mol. The summed E-state index contributed by atoms with van der Waals surface area (Å²) in [6.45, 7) is 3.55. The van der Waals surface area contributed by atoms with Gasteiger partial charge in [0.05, 0.1) is 0 Å². The van der Waals surface area contributed by atoms with Gasteiger partial charge >= 0.3 is 0 Å². The molecule has 0 aliphatic rings. The molecule has 0 radical (unpaired) electrons. The van der Waals surface area contributed by atoms with Gasteiger partial charge in [-0.05, 0) is 12.7 Å². The molecule has 0 aromatic carbocycles. The minimum absolute atomic E-state index is 0.0237. The van der Waals surface area contributed by atoms with E-state index in [-0.39, 0.29) is 5.12 Å². The highest BCUT2D eigenvalue weighted by atomic mass is 32.2. The van der Waals surface area contributed by atoms with Gasteiger partial charge in [0.25, 0.3) is 0 Å². The summed E-state index contributed by atoms with van der Waals surface area (Å²) in [7, 11) is 1.42. The van der Waals surface area contributed by atoms with Gasteiger partial charge in [-0.1, -0.05) is 23.8 Å². The lowest BCUT2D eigenvalue weighted by atomic mass is 10.5. The van der Waals surface area contributed by atoms with Crippen molar-refractivity contribution in [2.24, 2.45) is 5.16 Å². The summed E-state index contributed by atoms with van der Waals surface area (Å²) < 4.78 is 0. The molecule has 0 N–H and O–H groups in total. The van der Waals surface area contributed by atoms with Crippen LogP contribution in [0.5, 0.6) is 0 Å². The van der Waals surface area contributed by atoms with E-state index >= 15 is 0 Å². The lowest BCUT2D eigenvalue weighted by Crippen LogP contribution is -2.05. The van der Waals surface area contributed by atoms with Gasteiger partial charge in [0, 0.05) is 0 Å². The van der Waals surface area contributed by atoms with Gasteiger partial charge in [-0.25, -0.2) is 0 Å². The first-order valence-electron chi connectivity index (χ1n) is 2.97. The van der Waals surface area contributed by atoms with Crippen molar-refractivity contribution in [1.82, 2.24) is 0 Å². The van der Waals surface area contributed by atoms with E-state index in [1.54, 1.807) is 6.92 Å². The maximum absolute atomic E-state index is 10.9. The minimum Gasteiger partial charge on any atom is -0.399 e. The molecule has 4 heteroatoms. The average Bonchev–Trinajstić information content (AvgIpc) is 1.89. The first-order chi connectivity index (χ1) is 4.72. The quantitative estimate of drug-likeness (QED) is 0.462. The molecule has 0 fully saturated rings. The fraction of sp³-hybridized carbons (Fsp3) is 0.667. The molecule has 3 nitrogen and oxygen atoms in total. The molecule has 10 heavy (non-hydrogen) atoms. The summed E-state index contributed by atoms with van der Waals surface area (Å²) in [6, 6.07) is 0. The number of oxime groups is 1. The zero-order valence-electron chi connectivity index (χ0n) is 6.38. The number of hydrogen-bond donors (Lipinski definition) is 0. The maximum Gasteiger partial charge on any atom is 0.236 e. The van der Waals surface area contributed by atoms with E-state index in [9.17, 15) is 4.79 Å². The van der Waals surface area contributed by atoms with E-state index in [1.165, 1.54) is 18.9 Å². The number of rotatable bonds is 3. The van der Waals surface area contributed by atoms with Gasteiger partial charge in [0.2, 0.25) is 5.12 Å². The summed E-state index contributed by atoms with van der Waals surface area (Å²) in [5.74, 6) is 0.773. The first kappa shape index (κ1) is 9.49. The maximum atomic E-state index is 10.9. The van der Waals surface area contributed by atoms with Crippen LogP contribution in [0.2, 0.25) is 0 Å². The zero-order chi connectivity index (χ0) is 7.98. The number of carbonyl (C=O) groups excluding carboxylic acids is 1. The standard InChI is InChI=1S/C6H11NO2S/c1-4-10-6(8)5(2)7-9-3/h4H2,1-3H3. The molecule has 0 saturated carbocycles. The van der Waals surface area contributed by atoms with Crippen molar-refractivity contribution in [2.45, 2.75) is 13.8 Å². The van der Waals surface area contributed by atoms with E-state index in [0.717, 1.165) is 5.75 Å². The third-order valence-corrected chi connectivity index (χ3v) is 1.65. The van der Waals surface area contributed by atoms with Crippen LogP contribution in [0.1, 0.15) is 13.8 Å². The van der Waals surface area contributed by atoms with Crippen molar-refractivity contribution in [3.8, 4) is 0 Å². The predicted octanol–water partition coefficient (Wildman–Crippen LogP) is 1.29. The van der Waals surface area contributed by atoms with Crippen molar-refractivity contribution >= 4 is 22.6 Å². The smallest absolute Gasteiger partial charge is 0.236 e. The van der Waals surface area contributed by atoms with Crippen molar-refractivity contribution in [3.63, 3.8) is 0 Å². The fourth-order valence-corrected chi connectivity index (χ4v) is 0.918. The Labute approximate surface area is 64.8 Å². The summed E-state index contributed by atoms with van der Waals surface area (Å²) >= 11 is 1.23. The van der Waals surface area contributed by atoms with Crippen molar-refractivity contribution < 1.29 is 9.63 Å². The molecule has 0 rings (SSSR count). The van der Waals surface area contributed by atoms with Crippen LogP contribution >= 0.6 is 11.8 Å². The molecule has 0 aliphatic heterocycles. The normalized spacial score (nSPS) is 11.3. The Balaban J connectivity index is 3.82. The summed E-state index contributed by atoms with van der Waals surface area (Å²) in [5, 5.41) is 3.47. The Morgan fingerprint density at radius 1 is 1.70 bits per heavy atom. The van der Waals surface area contributed by atoms with Crippen molar-refractivity contribution in [2.75, 3.05) is 12.9 Å². The SMILES string of the molecule is CCSC(=O)C(C)=NOC. The van der Waals surface area contributed by atoms with E-state index < -0.39 is 0 Å². The molecule has 0 unspecified atom stereocenters. The topological polar surface area (TPSA) is 38.7 Å². The minimum atomic E-state index is -0.0237. The van der Waals surface area contributed by atoms with E-state index in [0.29, 0.717) is 5.71 Å². The fourth-order valence-electron chi connectivity index (χ4n) is 0.410. The van der Waals surface area contributed by atoms with Crippen LogP contribution in [0.15, 0.2) is 5.16 Å². The second kappa shape index (κ2) is 5.29. The van der Waals surface area contributed by atoms with Crippen LogP contribution < -0.4 is 0 Å². The highest BCUT2D eigenvalue weighted by molar-refractivity contribution is 8.15. The molecule has 0 aromatic heterocycles. The summed E-state index contributed by atoms with van der Waals surface area (Å²) in [6.07, 6.45) is 0. The highest BCUT2D eigenvalue weighted by Gasteiger charge is 2.04. The van der Waals surface area contributed by atoms with Crippen LogP contribution in [0.25, 0.3) is 0 Å². The van der Waals surface area contributed by atoms with Crippen LogP contribution in [0, 0.1) is 0 Å². The first-order valence-corrected chi connectivity index (χ1v) is 3.95. The number of carbonyl (C=O) groups is 1. The zero-order valence-corrected chi connectivity index (χ0v) is 7.20. The second-order valence-corrected chi connectivity index (χ2v) is 2.82. The lowest BCUT2D eigenvalue weighted by Gasteiger charge is -1.94.